The monoisotopic (exact) mass is 423 g/mol. The molecule has 0 saturated carbocycles. The van der Waals surface area contributed by atoms with Crippen LogP contribution in [0.5, 0.6) is 0 Å². The van der Waals surface area contributed by atoms with E-state index in [1.807, 2.05) is 0 Å². The van der Waals surface area contributed by atoms with Crippen LogP contribution in [0.3, 0.4) is 0 Å². The van der Waals surface area contributed by atoms with Crippen LogP contribution in [0, 0.1) is 11.3 Å². The molecule has 0 aliphatic heterocycles. The fourth-order valence-corrected chi connectivity index (χ4v) is 4.32. The van der Waals surface area contributed by atoms with Crippen molar-refractivity contribution in [3.63, 3.8) is 0 Å². The third-order valence-corrected chi connectivity index (χ3v) is 6.73. The zero-order valence-electron chi connectivity index (χ0n) is 10.7. The third kappa shape index (κ3) is 44.9. The van der Waals surface area contributed by atoms with E-state index in [4.69, 9.17) is 54.3 Å². The maximum absolute atomic E-state index is 9.85. The first kappa shape index (κ1) is 27.4. The smallest absolute Gasteiger partial charge is 0.408 e. The number of nitriles is 1. The molecular weight excluding hydrogens is 410 g/mol. The summed E-state index contributed by atoms with van der Waals surface area (Å²) < 4.78 is 39.4. The van der Waals surface area contributed by atoms with Gasteiger partial charge in [0, 0.05) is 0 Å². The second-order valence-corrected chi connectivity index (χ2v) is 10.9. The molecular formula is C4H13NO14P4. The molecule has 0 aromatic rings. The molecule has 9 N–H and O–H groups in total. The molecule has 23 heavy (non-hydrogen) atoms. The van der Waals surface area contributed by atoms with Gasteiger partial charge in [-0.2, -0.15) is 5.26 Å². The van der Waals surface area contributed by atoms with E-state index in [-0.39, 0.29) is 0 Å². The lowest BCUT2D eigenvalue weighted by molar-refractivity contribution is -0.130. The van der Waals surface area contributed by atoms with E-state index in [1.165, 1.54) is 0 Å². The van der Waals surface area contributed by atoms with Crippen LogP contribution in [0.25, 0.3) is 0 Å². The summed E-state index contributed by atoms with van der Waals surface area (Å²) in [5.74, 6) is -4.19. The highest BCUT2D eigenvalue weighted by Gasteiger charge is 2.27. The molecule has 0 bridgehead atoms. The van der Waals surface area contributed by atoms with Crippen molar-refractivity contribution in [3.05, 3.63) is 0 Å². The van der Waals surface area contributed by atoms with Crippen LogP contribution in [-0.4, -0.2) is 62.0 Å². The van der Waals surface area contributed by atoms with E-state index < -0.39 is 48.2 Å². The molecule has 0 aromatic carbocycles. The standard InChI is InChI=1S/C2HNO2.2CH6O6P2/c3-1-2(4)5;2*2-8(3,4)1-9(5,6)7/h(H,4,5);2*1H2,(H2,2,3,4)(H2,5,6,7). The predicted molar refractivity (Wildman–Crippen MR) is 71.2 cm³/mol. The Hall–Kier alpha value is -0.440. The number of hydrogen-bond acceptors (Lipinski definition) is 6. The van der Waals surface area contributed by atoms with E-state index in [1.54, 1.807) is 0 Å². The molecule has 0 saturated heterocycles. The quantitative estimate of drug-likeness (QED) is 0.137. The van der Waals surface area contributed by atoms with Gasteiger partial charge in [0.2, 0.25) is 0 Å². The molecule has 0 unspecified atom stereocenters. The number of rotatable bonds is 4. The lowest BCUT2D eigenvalue weighted by Gasteiger charge is -2.03. The Kier molecular flexibility index (Phi) is 12.4. The van der Waals surface area contributed by atoms with Crippen molar-refractivity contribution in [3.8, 4) is 6.07 Å². The first-order chi connectivity index (χ1) is 9.68. The van der Waals surface area contributed by atoms with Crippen LogP contribution < -0.4 is 0 Å². The van der Waals surface area contributed by atoms with Crippen LogP contribution in [0.4, 0.5) is 0 Å². The fourth-order valence-electron chi connectivity index (χ4n) is 0.480. The number of carboxylic acids is 1. The predicted octanol–water partition coefficient (Wildman–Crippen LogP) is -1.81. The van der Waals surface area contributed by atoms with Gasteiger partial charge < -0.3 is 44.3 Å². The third-order valence-electron chi connectivity index (χ3n) is 0.833. The topological polar surface area (TPSA) is 291 Å². The van der Waals surface area contributed by atoms with Crippen LogP contribution in [0.1, 0.15) is 0 Å². The van der Waals surface area contributed by atoms with Crippen molar-refractivity contribution < 1.29 is 67.3 Å². The van der Waals surface area contributed by atoms with E-state index in [9.17, 15) is 18.3 Å². The summed E-state index contributed by atoms with van der Waals surface area (Å²) in [5, 5.41) is 14.7. The molecule has 0 aliphatic rings. The fraction of sp³-hybridized carbons (Fsp3) is 0.500. The molecule has 19 heteroatoms. The van der Waals surface area contributed by atoms with Gasteiger partial charge in [-0.15, -0.1) is 0 Å². The molecule has 0 aliphatic carbocycles. The number of aliphatic carboxylic acids is 1. The van der Waals surface area contributed by atoms with Gasteiger partial charge in [0.15, 0.2) is 17.9 Å². The van der Waals surface area contributed by atoms with Gasteiger partial charge in [0.25, 0.3) is 0 Å². The Morgan fingerprint density at radius 2 is 0.826 bits per heavy atom. The lowest BCUT2D eigenvalue weighted by Crippen LogP contribution is -1.88. The minimum atomic E-state index is -4.55. The zero-order valence-corrected chi connectivity index (χ0v) is 14.3. The van der Waals surface area contributed by atoms with Crippen molar-refractivity contribution in [2.24, 2.45) is 0 Å². The van der Waals surface area contributed by atoms with Gasteiger partial charge in [0.1, 0.15) is 0 Å². The highest BCUT2D eigenvalue weighted by atomic mass is 31.2. The first-order valence-electron chi connectivity index (χ1n) is 4.50. The number of nitrogens with zero attached hydrogens (tertiary/aromatic N) is 1. The average molecular weight is 423 g/mol. The molecule has 0 radical (unpaired) electrons. The van der Waals surface area contributed by atoms with E-state index in [0.717, 1.165) is 6.07 Å². The summed E-state index contributed by atoms with van der Waals surface area (Å²) >= 11 is 0. The summed E-state index contributed by atoms with van der Waals surface area (Å²) in [4.78, 5) is 72.8. The molecule has 15 nitrogen and oxygen atoms in total. The largest absolute Gasteiger partial charge is 0.470 e. The van der Waals surface area contributed by atoms with Gasteiger partial charge in [-0.25, -0.2) is 4.79 Å². The minimum absolute atomic E-state index is 0.944. The second kappa shape index (κ2) is 10.4. The summed E-state index contributed by atoms with van der Waals surface area (Å²) in [6.45, 7) is 0. The van der Waals surface area contributed by atoms with Gasteiger partial charge in [0.05, 0.1) is 0 Å². The summed E-state index contributed by atoms with van der Waals surface area (Å²) in [7, 11) is -18.2. The van der Waals surface area contributed by atoms with Gasteiger partial charge >= 0.3 is 36.4 Å². The Balaban J connectivity index is -0.000000273. The molecule has 0 fully saturated rings. The maximum atomic E-state index is 9.85. The molecule has 0 amide bonds. The minimum Gasteiger partial charge on any atom is -0.470 e. The normalized spacial score (nSPS) is 12.0. The Labute approximate surface area is 127 Å². The highest BCUT2D eigenvalue weighted by molar-refractivity contribution is 7.69. The molecule has 138 valence electrons. The SMILES string of the molecule is N#CC(=O)O.O=P(O)(O)CP(=O)(O)O.O=P(O)(O)CP(=O)(O)O. The summed E-state index contributed by atoms with van der Waals surface area (Å²) in [5.41, 5.74) is 0. The van der Waals surface area contributed by atoms with Crippen molar-refractivity contribution >= 4 is 36.4 Å². The molecule has 0 rings (SSSR count). The number of carboxylic acid groups (broad SMARTS) is 1. The van der Waals surface area contributed by atoms with E-state index >= 15 is 0 Å². The number of hydrogen-bond donors (Lipinski definition) is 9. The van der Waals surface area contributed by atoms with Gasteiger partial charge in [-0.3, -0.25) is 18.3 Å². The van der Waals surface area contributed by atoms with Crippen molar-refractivity contribution in [1.29, 1.82) is 5.26 Å². The Morgan fingerprint density at radius 1 is 0.696 bits per heavy atom. The zero-order chi connectivity index (χ0) is 19.7. The molecule has 0 heterocycles. The van der Waals surface area contributed by atoms with Crippen LogP contribution in [0.15, 0.2) is 0 Å². The summed E-state index contributed by atoms with van der Waals surface area (Å²) in [6, 6.07) is 0.944. The molecule has 0 atom stereocenters. The van der Waals surface area contributed by atoms with E-state index in [0.29, 0.717) is 0 Å². The average Bonchev–Trinajstić information content (AvgIpc) is 2.06. The van der Waals surface area contributed by atoms with Gasteiger partial charge in [-0.05, 0) is 0 Å². The van der Waals surface area contributed by atoms with Crippen LogP contribution >= 0.6 is 30.4 Å². The number of carbonyl (C=O) groups is 1. The van der Waals surface area contributed by atoms with Crippen LogP contribution in [0.2, 0.25) is 0 Å². The maximum Gasteiger partial charge on any atom is 0.408 e. The van der Waals surface area contributed by atoms with Crippen molar-refractivity contribution in [1.82, 2.24) is 0 Å². The highest BCUT2D eigenvalue weighted by Crippen LogP contribution is 2.52. The van der Waals surface area contributed by atoms with Gasteiger partial charge in [-0.1, -0.05) is 0 Å². The Morgan fingerprint density at radius 3 is 0.826 bits per heavy atom. The lowest BCUT2D eigenvalue weighted by atomic mass is 10.8. The van der Waals surface area contributed by atoms with E-state index in [2.05, 4.69) is 0 Å². The molecule has 0 spiro atoms. The Bertz CT molecular complexity index is 513. The van der Waals surface area contributed by atoms with Crippen molar-refractivity contribution in [2.45, 2.75) is 0 Å². The first-order valence-corrected chi connectivity index (χ1v) is 11.7. The van der Waals surface area contributed by atoms with Crippen LogP contribution in [-0.2, 0) is 23.1 Å². The van der Waals surface area contributed by atoms with Crippen molar-refractivity contribution in [2.75, 3.05) is 11.8 Å². The second-order valence-electron chi connectivity index (χ2n) is 3.36. The summed E-state index contributed by atoms with van der Waals surface area (Å²) in [6.07, 6.45) is 0. The molecule has 0 aromatic heterocycles.